The lowest BCUT2D eigenvalue weighted by Crippen LogP contribution is -2.45. The Labute approximate surface area is 142 Å². The van der Waals surface area contributed by atoms with Crippen LogP contribution < -0.4 is 0 Å². The van der Waals surface area contributed by atoms with Gasteiger partial charge in [0.15, 0.2) is 0 Å². The van der Waals surface area contributed by atoms with Crippen molar-refractivity contribution < 1.29 is 8.85 Å². The second-order valence-corrected chi connectivity index (χ2v) is 14.6. The van der Waals surface area contributed by atoms with E-state index in [1.54, 1.807) is 0 Å². The number of rotatable bonds is 11. The predicted molar refractivity (Wildman–Crippen MR) is 104 cm³/mol. The van der Waals surface area contributed by atoms with E-state index in [9.17, 15) is 0 Å². The van der Waals surface area contributed by atoms with E-state index in [1.165, 1.54) is 19.4 Å². The van der Waals surface area contributed by atoms with E-state index in [2.05, 4.69) is 66.1 Å². The zero-order valence-corrected chi connectivity index (χ0v) is 18.8. The van der Waals surface area contributed by atoms with Gasteiger partial charge in [0, 0.05) is 17.9 Å². The van der Waals surface area contributed by atoms with Gasteiger partial charge in [0.1, 0.15) is 0 Å². The van der Waals surface area contributed by atoms with Crippen molar-refractivity contribution in [1.82, 2.24) is 4.90 Å². The lowest BCUT2D eigenvalue weighted by atomic mass is 10.1. The highest BCUT2D eigenvalue weighted by atomic mass is 28.4. The first-order chi connectivity index (χ1) is 10.1. The summed E-state index contributed by atoms with van der Waals surface area (Å²) in [5.41, 5.74) is 0.689. The molecule has 22 heavy (non-hydrogen) atoms. The molecule has 0 radical (unpaired) electrons. The number of hydrogen-bond donors (Lipinski definition) is 0. The van der Waals surface area contributed by atoms with Crippen LogP contribution in [0.25, 0.3) is 0 Å². The first-order valence-electron chi connectivity index (χ1n) is 9.12. The van der Waals surface area contributed by atoms with Crippen molar-refractivity contribution in [1.29, 1.82) is 0 Å². The third kappa shape index (κ3) is 8.82. The summed E-state index contributed by atoms with van der Waals surface area (Å²) >= 11 is 0. The van der Waals surface area contributed by atoms with E-state index in [-0.39, 0.29) is 5.54 Å². The maximum Gasteiger partial charge on any atom is 0.334 e. The van der Waals surface area contributed by atoms with Crippen LogP contribution in [0.3, 0.4) is 0 Å². The van der Waals surface area contributed by atoms with Crippen LogP contribution in [0.4, 0.5) is 0 Å². The minimum absolute atomic E-state index is 0.268. The molecular formula is C17H41NO2Si2. The van der Waals surface area contributed by atoms with Crippen LogP contribution in [0.1, 0.15) is 54.4 Å². The topological polar surface area (TPSA) is 21.7 Å². The summed E-state index contributed by atoms with van der Waals surface area (Å²) in [6.45, 7) is 23.5. The van der Waals surface area contributed by atoms with Gasteiger partial charge in [-0.15, -0.1) is 0 Å². The van der Waals surface area contributed by atoms with E-state index in [4.69, 9.17) is 8.85 Å². The molecule has 0 rings (SSSR count). The molecule has 0 aromatic heterocycles. The second kappa shape index (κ2) is 10.2. The van der Waals surface area contributed by atoms with Crippen LogP contribution in [-0.4, -0.2) is 53.2 Å². The van der Waals surface area contributed by atoms with Crippen LogP contribution >= 0.6 is 0 Å². The molecule has 2 atom stereocenters. The van der Waals surface area contributed by atoms with E-state index in [0.717, 1.165) is 19.2 Å². The summed E-state index contributed by atoms with van der Waals surface area (Å²) in [6, 6.07) is 1.12. The highest BCUT2D eigenvalue weighted by Gasteiger charge is 2.33. The first kappa shape index (κ1) is 22.3. The molecule has 0 saturated heterocycles. The van der Waals surface area contributed by atoms with Crippen LogP contribution in [0.15, 0.2) is 0 Å². The van der Waals surface area contributed by atoms with Crippen LogP contribution in [0, 0.1) is 0 Å². The minimum atomic E-state index is -1.99. The smallest absolute Gasteiger partial charge is 0.334 e. The van der Waals surface area contributed by atoms with Crippen molar-refractivity contribution in [3.05, 3.63) is 0 Å². The van der Waals surface area contributed by atoms with Gasteiger partial charge in [-0.25, -0.2) is 0 Å². The molecule has 0 spiro atoms. The number of unbranched alkanes of at least 4 members (excludes halogenated alkanes) is 1. The predicted octanol–water partition coefficient (Wildman–Crippen LogP) is 4.43. The summed E-state index contributed by atoms with van der Waals surface area (Å²) in [4.78, 5) is 2.55. The standard InChI is InChI=1S/C17H41NO2Si2/c1-10-18(17(4,5)6)14-12-13-15-22(9,19-11-2)20-16(3)21(7)8/h16,21H,10-15H2,1-9H3. The fourth-order valence-corrected chi connectivity index (χ4v) is 7.29. The normalized spacial score (nSPS) is 17.0. The average Bonchev–Trinajstić information content (AvgIpc) is 2.37. The van der Waals surface area contributed by atoms with Crippen molar-refractivity contribution in [2.45, 2.75) is 91.3 Å². The van der Waals surface area contributed by atoms with Crippen LogP contribution in [0.5, 0.6) is 0 Å². The van der Waals surface area contributed by atoms with Crippen LogP contribution in [0.2, 0.25) is 25.7 Å². The number of nitrogens with zero attached hydrogens (tertiary/aromatic N) is 1. The molecule has 134 valence electrons. The third-order valence-corrected chi connectivity index (χ3v) is 9.78. The Kier molecular flexibility index (Phi) is 10.4. The Morgan fingerprint density at radius 2 is 1.73 bits per heavy atom. The number of hydrogen-bond acceptors (Lipinski definition) is 3. The zero-order chi connectivity index (χ0) is 17.4. The Bertz CT molecular complexity index is 295. The molecule has 0 heterocycles. The third-order valence-electron chi connectivity index (χ3n) is 4.46. The highest BCUT2D eigenvalue weighted by molar-refractivity contribution is 6.67. The highest BCUT2D eigenvalue weighted by Crippen LogP contribution is 2.21. The van der Waals surface area contributed by atoms with Gasteiger partial charge in [0.25, 0.3) is 0 Å². The first-order valence-corrected chi connectivity index (χ1v) is 14.6. The van der Waals surface area contributed by atoms with Crippen LogP contribution in [-0.2, 0) is 8.85 Å². The molecule has 0 aliphatic heterocycles. The van der Waals surface area contributed by atoms with Crippen molar-refractivity contribution in [3.8, 4) is 0 Å². The molecular weight excluding hydrogens is 306 g/mol. The molecule has 2 unspecified atom stereocenters. The molecule has 0 bridgehead atoms. The van der Waals surface area contributed by atoms with Gasteiger partial charge in [-0.3, -0.25) is 4.90 Å². The summed E-state index contributed by atoms with van der Waals surface area (Å²) in [7, 11) is -2.74. The second-order valence-electron chi connectivity index (χ2n) is 7.84. The quantitative estimate of drug-likeness (QED) is 0.408. The summed E-state index contributed by atoms with van der Waals surface area (Å²) in [5, 5.41) is 0. The molecule has 0 aliphatic rings. The summed E-state index contributed by atoms with van der Waals surface area (Å²) < 4.78 is 12.5. The molecule has 5 heteroatoms. The Morgan fingerprint density at radius 3 is 2.14 bits per heavy atom. The van der Waals surface area contributed by atoms with Crippen molar-refractivity contribution in [2.24, 2.45) is 0 Å². The molecule has 3 nitrogen and oxygen atoms in total. The van der Waals surface area contributed by atoms with Gasteiger partial charge in [-0.05, 0) is 66.7 Å². The van der Waals surface area contributed by atoms with E-state index in [0.29, 0.717) is 5.73 Å². The van der Waals surface area contributed by atoms with Gasteiger partial charge in [0.05, 0.1) is 8.80 Å². The molecule has 0 aromatic rings. The maximum atomic E-state index is 6.41. The fraction of sp³-hybridized carbons (Fsp3) is 1.00. The molecule has 0 saturated carbocycles. The Hall–Kier alpha value is 0.314. The SMILES string of the molecule is CCO[Si](C)(CCCCN(CC)C(C)(C)C)OC(C)[SiH](C)C. The van der Waals surface area contributed by atoms with E-state index < -0.39 is 17.4 Å². The van der Waals surface area contributed by atoms with Gasteiger partial charge in [0.2, 0.25) is 0 Å². The van der Waals surface area contributed by atoms with Crippen molar-refractivity contribution in [2.75, 3.05) is 19.7 Å². The minimum Gasteiger partial charge on any atom is -0.395 e. The molecule has 0 fully saturated rings. The lowest BCUT2D eigenvalue weighted by Gasteiger charge is -2.35. The summed E-state index contributed by atoms with van der Waals surface area (Å²) in [5.74, 6) is 0. The zero-order valence-electron chi connectivity index (χ0n) is 16.7. The van der Waals surface area contributed by atoms with Gasteiger partial charge < -0.3 is 8.85 Å². The lowest BCUT2D eigenvalue weighted by molar-refractivity contribution is 0.140. The summed E-state index contributed by atoms with van der Waals surface area (Å²) in [6.07, 6.45) is 2.44. The molecule has 0 aliphatic carbocycles. The molecule has 0 N–H and O–H groups in total. The Balaban J connectivity index is 4.36. The van der Waals surface area contributed by atoms with Gasteiger partial charge in [-0.2, -0.15) is 0 Å². The molecule has 0 aromatic carbocycles. The molecule has 0 amide bonds. The van der Waals surface area contributed by atoms with E-state index >= 15 is 0 Å². The van der Waals surface area contributed by atoms with Gasteiger partial charge >= 0.3 is 8.56 Å². The van der Waals surface area contributed by atoms with Crippen molar-refractivity contribution in [3.63, 3.8) is 0 Å². The maximum absolute atomic E-state index is 6.41. The monoisotopic (exact) mass is 347 g/mol. The van der Waals surface area contributed by atoms with Gasteiger partial charge in [-0.1, -0.05) is 26.4 Å². The fourth-order valence-electron chi connectivity index (χ4n) is 2.72. The average molecular weight is 348 g/mol. The Morgan fingerprint density at radius 1 is 1.14 bits per heavy atom. The van der Waals surface area contributed by atoms with E-state index in [1.807, 2.05) is 0 Å². The van der Waals surface area contributed by atoms with Crippen molar-refractivity contribution >= 4 is 17.4 Å². The largest absolute Gasteiger partial charge is 0.395 e.